The Morgan fingerprint density at radius 1 is 1.38 bits per heavy atom. The zero-order valence-electron chi connectivity index (χ0n) is 8.70. The monoisotopic (exact) mass is 223 g/mol. The summed E-state index contributed by atoms with van der Waals surface area (Å²) in [6, 6.07) is 4.68. The van der Waals surface area contributed by atoms with Crippen molar-refractivity contribution in [3.8, 4) is 5.75 Å². The van der Waals surface area contributed by atoms with Crippen LogP contribution in [0, 0.1) is 0 Å². The van der Waals surface area contributed by atoms with Crippen LogP contribution in [0.15, 0.2) is 18.2 Å². The molecule has 1 aliphatic heterocycles. The smallest absolute Gasteiger partial charge is 0.299 e. The van der Waals surface area contributed by atoms with Crippen LogP contribution in [0.1, 0.15) is 10.4 Å². The number of carbonyl (C=O) groups excluding carboxylic acids is 2. The Hall–Kier alpha value is -1.91. The molecule has 2 rings (SSSR count). The Labute approximate surface area is 91.6 Å². The number of Topliss-reactive ketones (excluding diaryl/α,β-unsaturated/α-hetero) is 1. The van der Waals surface area contributed by atoms with Gasteiger partial charge in [-0.3, -0.25) is 9.59 Å². The van der Waals surface area contributed by atoms with Gasteiger partial charge in [-0.15, -0.1) is 0 Å². The van der Waals surface area contributed by atoms with Gasteiger partial charge < -0.3 is 9.64 Å². The maximum atomic E-state index is 12.3. The second-order valence-electron chi connectivity index (χ2n) is 3.36. The number of benzene rings is 1. The van der Waals surface area contributed by atoms with Gasteiger partial charge in [0, 0.05) is 6.07 Å². The van der Waals surface area contributed by atoms with E-state index < -0.39 is 18.4 Å². The number of nitrogens with zero attached hydrogens (tertiary/aromatic N) is 1. The SMILES string of the molecule is COc1ccc2c(c1)N(CCF)C(=O)C2=O. The summed E-state index contributed by atoms with van der Waals surface area (Å²) in [6.45, 7) is -0.791. The van der Waals surface area contributed by atoms with Gasteiger partial charge in [0.05, 0.1) is 24.9 Å². The average Bonchev–Trinajstić information content (AvgIpc) is 2.54. The Morgan fingerprint density at radius 3 is 2.75 bits per heavy atom. The summed E-state index contributed by atoms with van der Waals surface area (Å²) in [6.07, 6.45) is 0. The number of hydrogen-bond acceptors (Lipinski definition) is 3. The van der Waals surface area contributed by atoms with E-state index in [1.165, 1.54) is 13.2 Å². The van der Waals surface area contributed by atoms with Crippen LogP contribution in [0.3, 0.4) is 0 Å². The predicted molar refractivity (Wildman–Crippen MR) is 55.7 cm³/mol. The van der Waals surface area contributed by atoms with Crippen LogP contribution >= 0.6 is 0 Å². The summed E-state index contributed by atoms with van der Waals surface area (Å²) in [5.74, 6) is -0.739. The number of alkyl halides is 1. The Morgan fingerprint density at radius 2 is 2.12 bits per heavy atom. The summed E-state index contributed by atoms with van der Waals surface area (Å²) in [4.78, 5) is 24.2. The van der Waals surface area contributed by atoms with Crippen LogP contribution in [0.25, 0.3) is 0 Å². The highest BCUT2D eigenvalue weighted by atomic mass is 19.1. The lowest BCUT2D eigenvalue weighted by molar-refractivity contribution is -0.114. The van der Waals surface area contributed by atoms with E-state index in [2.05, 4.69) is 0 Å². The van der Waals surface area contributed by atoms with Gasteiger partial charge in [0.15, 0.2) is 0 Å². The third-order valence-corrected chi connectivity index (χ3v) is 2.49. The van der Waals surface area contributed by atoms with Crippen molar-refractivity contribution in [2.75, 3.05) is 25.2 Å². The van der Waals surface area contributed by atoms with Crippen molar-refractivity contribution in [2.45, 2.75) is 0 Å². The standard InChI is InChI=1S/C11H10FNO3/c1-16-7-2-3-8-9(6-7)13(5-4-12)11(15)10(8)14/h2-3,6H,4-5H2,1H3. The van der Waals surface area contributed by atoms with Crippen molar-refractivity contribution in [1.29, 1.82) is 0 Å². The molecular formula is C11H10FNO3. The van der Waals surface area contributed by atoms with Crippen molar-refractivity contribution >= 4 is 17.4 Å². The third kappa shape index (κ3) is 1.44. The molecule has 0 aromatic heterocycles. The first-order chi connectivity index (χ1) is 7.69. The Balaban J connectivity index is 2.48. The lowest BCUT2D eigenvalue weighted by Gasteiger charge is -2.14. The predicted octanol–water partition coefficient (Wildman–Crippen LogP) is 1.19. The Kier molecular flexibility index (Phi) is 2.60. The molecule has 0 spiro atoms. The van der Waals surface area contributed by atoms with Crippen molar-refractivity contribution in [3.63, 3.8) is 0 Å². The van der Waals surface area contributed by atoms with E-state index in [9.17, 15) is 14.0 Å². The van der Waals surface area contributed by atoms with Crippen LogP contribution in [0.5, 0.6) is 5.75 Å². The fourth-order valence-corrected chi connectivity index (χ4v) is 1.71. The van der Waals surface area contributed by atoms with Gasteiger partial charge in [-0.25, -0.2) is 4.39 Å². The highest BCUT2D eigenvalue weighted by molar-refractivity contribution is 6.52. The number of amides is 1. The second-order valence-corrected chi connectivity index (χ2v) is 3.36. The minimum Gasteiger partial charge on any atom is -0.497 e. The molecule has 0 radical (unpaired) electrons. The summed E-state index contributed by atoms with van der Waals surface area (Å²) >= 11 is 0. The number of methoxy groups -OCH3 is 1. The molecule has 0 atom stereocenters. The quantitative estimate of drug-likeness (QED) is 0.723. The van der Waals surface area contributed by atoms with Crippen molar-refractivity contribution < 1.29 is 18.7 Å². The zero-order valence-corrected chi connectivity index (χ0v) is 8.70. The zero-order chi connectivity index (χ0) is 11.7. The molecule has 0 unspecified atom stereocenters. The third-order valence-electron chi connectivity index (χ3n) is 2.49. The number of fused-ring (bicyclic) bond motifs is 1. The minimum atomic E-state index is -0.685. The summed E-state index contributed by atoms with van der Waals surface area (Å²) in [7, 11) is 1.49. The van der Waals surface area contributed by atoms with Crippen molar-refractivity contribution in [3.05, 3.63) is 23.8 Å². The van der Waals surface area contributed by atoms with Crippen LogP contribution in [-0.4, -0.2) is 32.0 Å². The van der Waals surface area contributed by atoms with Gasteiger partial charge in [0.25, 0.3) is 11.7 Å². The molecule has 1 amide bonds. The van der Waals surface area contributed by atoms with Crippen LogP contribution in [0.2, 0.25) is 0 Å². The molecule has 5 heteroatoms. The lowest BCUT2D eigenvalue weighted by Crippen LogP contribution is -2.31. The summed E-state index contributed by atoms with van der Waals surface area (Å²) < 4.78 is 17.3. The number of rotatable bonds is 3. The first-order valence-corrected chi connectivity index (χ1v) is 4.79. The van der Waals surface area contributed by atoms with Gasteiger partial charge in [0.2, 0.25) is 0 Å². The largest absolute Gasteiger partial charge is 0.497 e. The number of anilines is 1. The molecule has 0 bridgehead atoms. The van der Waals surface area contributed by atoms with Crippen LogP contribution in [-0.2, 0) is 4.79 Å². The summed E-state index contributed by atoms with van der Waals surface area (Å²) in [5, 5.41) is 0. The van der Waals surface area contributed by atoms with E-state index in [-0.39, 0.29) is 6.54 Å². The lowest BCUT2D eigenvalue weighted by atomic mass is 10.1. The molecule has 0 saturated heterocycles. The maximum absolute atomic E-state index is 12.3. The first-order valence-electron chi connectivity index (χ1n) is 4.79. The molecule has 1 aromatic carbocycles. The minimum absolute atomic E-state index is 0.106. The van der Waals surface area contributed by atoms with Gasteiger partial charge in [-0.05, 0) is 12.1 Å². The number of ether oxygens (including phenoxy) is 1. The van der Waals surface area contributed by atoms with Gasteiger partial charge >= 0.3 is 0 Å². The van der Waals surface area contributed by atoms with E-state index in [4.69, 9.17) is 4.74 Å². The molecule has 16 heavy (non-hydrogen) atoms. The molecule has 1 heterocycles. The molecule has 0 saturated carbocycles. The van der Waals surface area contributed by atoms with Gasteiger partial charge in [-0.2, -0.15) is 0 Å². The molecule has 0 fully saturated rings. The average molecular weight is 223 g/mol. The van der Waals surface area contributed by atoms with Crippen molar-refractivity contribution in [2.24, 2.45) is 0 Å². The van der Waals surface area contributed by atoms with Crippen molar-refractivity contribution in [1.82, 2.24) is 0 Å². The second kappa shape index (κ2) is 3.92. The number of hydrogen-bond donors (Lipinski definition) is 0. The molecule has 0 N–H and O–H groups in total. The van der Waals surface area contributed by atoms with E-state index in [1.807, 2.05) is 0 Å². The fraction of sp³-hybridized carbons (Fsp3) is 0.273. The topological polar surface area (TPSA) is 46.6 Å². The summed E-state index contributed by atoms with van der Waals surface area (Å²) in [5.41, 5.74) is 0.728. The molecule has 1 aromatic rings. The maximum Gasteiger partial charge on any atom is 0.299 e. The highest BCUT2D eigenvalue weighted by Gasteiger charge is 2.35. The fourth-order valence-electron chi connectivity index (χ4n) is 1.71. The van der Waals surface area contributed by atoms with Gasteiger partial charge in [0.1, 0.15) is 12.4 Å². The van der Waals surface area contributed by atoms with Crippen LogP contribution < -0.4 is 9.64 Å². The van der Waals surface area contributed by atoms with Gasteiger partial charge in [-0.1, -0.05) is 0 Å². The molecule has 84 valence electrons. The number of ketones is 1. The van der Waals surface area contributed by atoms with Crippen LogP contribution in [0.4, 0.5) is 10.1 Å². The van der Waals surface area contributed by atoms with E-state index >= 15 is 0 Å². The first kappa shape index (κ1) is 10.6. The van der Waals surface area contributed by atoms with E-state index in [0.29, 0.717) is 17.0 Å². The molecule has 4 nitrogen and oxygen atoms in total. The molecule has 1 aliphatic rings. The normalized spacial score (nSPS) is 14.2. The van der Waals surface area contributed by atoms with E-state index in [0.717, 1.165) is 4.90 Å². The number of halogens is 1. The Bertz CT molecular complexity index is 459. The highest BCUT2D eigenvalue weighted by Crippen LogP contribution is 2.32. The number of carbonyl (C=O) groups is 2. The molecule has 0 aliphatic carbocycles. The molecular weight excluding hydrogens is 213 g/mol. The van der Waals surface area contributed by atoms with E-state index in [1.54, 1.807) is 12.1 Å².